The van der Waals surface area contributed by atoms with Crippen molar-refractivity contribution in [3.8, 4) is 11.4 Å². The molecule has 0 saturated heterocycles. The summed E-state index contributed by atoms with van der Waals surface area (Å²) in [6, 6.07) is 7.92. The number of nitrogens with two attached hydrogens (primary N) is 1. The van der Waals surface area contributed by atoms with Gasteiger partial charge in [0.05, 0.1) is 7.05 Å². The Hall–Kier alpha value is -1.46. The number of aromatic nitrogens is 4. The number of halogens is 1. The van der Waals surface area contributed by atoms with Gasteiger partial charge in [-0.25, -0.2) is 0 Å². The van der Waals surface area contributed by atoms with Gasteiger partial charge in [-0.15, -0.1) is 22.6 Å². The summed E-state index contributed by atoms with van der Waals surface area (Å²) in [4.78, 5) is 1.44. The van der Waals surface area contributed by atoms with Crippen LogP contribution in [0, 0.1) is 0 Å². The summed E-state index contributed by atoms with van der Waals surface area (Å²) in [7, 11) is 1.74. The number of tetrazole rings is 1. The lowest BCUT2D eigenvalue weighted by Gasteiger charge is -2.04. The highest BCUT2D eigenvalue weighted by atomic mass is 35.5. The Bertz CT molecular complexity index is 448. The predicted octanol–water partition coefficient (Wildman–Crippen LogP) is 1.32. The summed E-state index contributed by atoms with van der Waals surface area (Å²) < 4.78 is 0. The molecule has 0 aliphatic rings. The first-order valence-corrected chi connectivity index (χ1v) is 4.77. The Morgan fingerprint density at radius 2 is 1.88 bits per heavy atom. The summed E-state index contributed by atoms with van der Waals surface area (Å²) >= 11 is 0. The minimum atomic E-state index is 0. The van der Waals surface area contributed by atoms with E-state index in [1.54, 1.807) is 7.05 Å². The fourth-order valence-corrected chi connectivity index (χ4v) is 1.34. The minimum Gasteiger partial charge on any atom is -0.324 e. The second-order valence-corrected chi connectivity index (χ2v) is 3.51. The van der Waals surface area contributed by atoms with Crippen LogP contribution in [0.5, 0.6) is 0 Å². The fraction of sp³-hybridized carbons (Fsp3) is 0.300. The molecule has 0 aliphatic carbocycles. The van der Waals surface area contributed by atoms with Crippen LogP contribution >= 0.6 is 12.4 Å². The van der Waals surface area contributed by atoms with Crippen LogP contribution in [-0.2, 0) is 7.05 Å². The van der Waals surface area contributed by atoms with Gasteiger partial charge in [-0.1, -0.05) is 24.3 Å². The molecule has 1 heterocycles. The molecule has 5 nitrogen and oxygen atoms in total. The number of hydrogen-bond donors (Lipinski definition) is 1. The zero-order valence-electron chi connectivity index (χ0n) is 9.16. The molecule has 2 N–H and O–H groups in total. The van der Waals surface area contributed by atoms with Gasteiger partial charge >= 0.3 is 0 Å². The lowest BCUT2D eigenvalue weighted by Crippen LogP contribution is -2.04. The number of nitrogens with zero attached hydrogens (tertiary/aromatic N) is 4. The maximum atomic E-state index is 5.76. The van der Waals surface area contributed by atoms with Gasteiger partial charge in [0.2, 0.25) is 5.82 Å². The molecule has 6 heteroatoms. The maximum absolute atomic E-state index is 5.76. The van der Waals surface area contributed by atoms with Crippen molar-refractivity contribution in [1.29, 1.82) is 0 Å². The summed E-state index contributed by atoms with van der Waals surface area (Å²) in [5.41, 5.74) is 7.81. The van der Waals surface area contributed by atoms with Crippen LogP contribution in [0.4, 0.5) is 0 Å². The highest BCUT2D eigenvalue weighted by Gasteiger charge is 2.04. The van der Waals surface area contributed by atoms with E-state index in [0.29, 0.717) is 5.82 Å². The molecule has 0 spiro atoms. The first-order valence-electron chi connectivity index (χ1n) is 4.77. The zero-order chi connectivity index (χ0) is 10.8. The largest absolute Gasteiger partial charge is 0.324 e. The molecule has 1 aromatic carbocycles. The van der Waals surface area contributed by atoms with E-state index in [1.807, 2.05) is 31.2 Å². The van der Waals surface area contributed by atoms with Crippen molar-refractivity contribution in [2.75, 3.05) is 0 Å². The first kappa shape index (κ1) is 12.6. The summed E-state index contributed by atoms with van der Waals surface area (Å²) in [5, 5.41) is 11.8. The summed E-state index contributed by atoms with van der Waals surface area (Å²) in [6.07, 6.45) is 0. The van der Waals surface area contributed by atoms with Gasteiger partial charge in [0, 0.05) is 11.6 Å². The molecule has 2 aromatic rings. The van der Waals surface area contributed by atoms with Crippen LogP contribution in [0.3, 0.4) is 0 Å². The Balaban J connectivity index is 0.00000128. The molecule has 2 rings (SSSR count). The SMILES string of the molecule is CC(N)c1ccc(-c2nnn(C)n2)cc1.Cl. The molecule has 0 saturated carbocycles. The van der Waals surface area contributed by atoms with E-state index in [1.165, 1.54) is 4.80 Å². The van der Waals surface area contributed by atoms with E-state index in [2.05, 4.69) is 15.4 Å². The lowest BCUT2D eigenvalue weighted by molar-refractivity contribution is 0.630. The Morgan fingerprint density at radius 3 is 2.31 bits per heavy atom. The third-order valence-corrected chi connectivity index (χ3v) is 2.20. The van der Waals surface area contributed by atoms with Crippen LogP contribution in [0.15, 0.2) is 24.3 Å². The van der Waals surface area contributed by atoms with Gasteiger partial charge < -0.3 is 5.73 Å². The highest BCUT2D eigenvalue weighted by Crippen LogP contribution is 2.16. The van der Waals surface area contributed by atoms with E-state index in [4.69, 9.17) is 5.73 Å². The van der Waals surface area contributed by atoms with E-state index >= 15 is 0 Å². The van der Waals surface area contributed by atoms with Gasteiger partial charge in [0.1, 0.15) is 0 Å². The van der Waals surface area contributed by atoms with Crippen molar-refractivity contribution < 1.29 is 0 Å². The monoisotopic (exact) mass is 239 g/mol. The second-order valence-electron chi connectivity index (χ2n) is 3.51. The van der Waals surface area contributed by atoms with Gasteiger partial charge in [-0.05, 0) is 17.7 Å². The third kappa shape index (κ3) is 2.56. The number of hydrogen-bond acceptors (Lipinski definition) is 4. The minimum absolute atomic E-state index is 0. The predicted molar refractivity (Wildman–Crippen MR) is 64.1 cm³/mol. The molecule has 16 heavy (non-hydrogen) atoms. The van der Waals surface area contributed by atoms with E-state index in [9.17, 15) is 0 Å². The lowest BCUT2D eigenvalue weighted by atomic mass is 10.1. The zero-order valence-corrected chi connectivity index (χ0v) is 9.98. The molecule has 0 bridgehead atoms. The van der Waals surface area contributed by atoms with Gasteiger partial charge in [-0.2, -0.15) is 4.80 Å². The van der Waals surface area contributed by atoms with Gasteiger partial charge in [0.15, 0.2) is 0 Å². The number of aryl methyl sites for hydroxylation is 1. The van der Waals surface area contributed by atoms with Gasteiger partial charge in [-0.3, -0.25) is 0 Å². The average molecular weight is 240 g/mol. The molecule has 1 atom stereocenters. The quantitative estimate of drug-likeness (QED) is 0.858. The normalized spacial score (nSPS) is 11.9. The third-order valence-electron chi connectivity index (χ3n) is 2.20. The Kier molecular flexibility index (Phi) is 3.98. The standard InChI is InChI=1S/C10H13N5.ClH/c1-7(11)8-3-5-9(6-4-8)10-12-14-15(2)13-10;/h3-7H,11H2,1-2H3;1H. The van der Waals surface area contributed by atoms with Crippen molar-refractivity contribution in [1.82, 2.24) is 20.2 Å². The van der Waals surface area contributed by atoms with Crippen molar-refractivity contribution in [3.05, 3.63) is 29.8 Å². The molecular formula is C10H14ClN5. The molecule has 0 fully saturated rings. The van der Waals surface area contributed by atoms with E-state index in [0.717, 1.165) is 11.1 Å². The molecule has 0 aliphatic heterocycles. The van der Waals surface area contributed by atoms with Crippen molar-refractivity contribution in [2.45, 2.75) is 13.0 Å². The topological polar surface area (TPSA) is 69.6 Å². The van der Waals surface area contributed by atoms with E-state index < -0.39 is 0 Å². The second kappa shape index (κ2) is 5.05. The smallest absolute Gasteiger partial charge is 0.204 e. The average Bonchev–Trinajstić information content (AvgIpc) is 2.65. The van der Waals surface area contributed by atoms with Crippen LogP contribution < -0.4 is 5.73 Å². The first-order chi connectivity index (χ1) is 7.16. The molecule has 0 amide bonds. The molecule has 86 valence electrons. The molecular weight excluding hydrogens is 226 g/mol. The summed E-state index contributed by atoms with van der Waals surface area (Å²) in [5.74, 6) is 0.633. The van der Waals surface area contributed by atoms with Crippen molar-refractivity contribution in [3.63, 3.8) is 0 Å². The van der Waals surface area contributed by atoms with Crippen LogP contribution in [0.1, 0.15) is 18.5 Å². The van der Waals surface area contributed by atoms with Crippen molar-refractivity contribution >= 4 is 12.4 Å². The molecule has 1 unspecified atom stereocenters. The molecule has 0 radical (unpaired) electrons. The number of benzene rings is 1. The maximum Gasteiger partial charge on any atom is 0.204 e. The van der Waals surface area contributed by atoms with Crippen molar-refractivity contribution in [2.24, 2.45) is 12.8 Å². The van der Waals surface area contributed by atoms with Crippen LogP contribution in [0.25, 0.3) is 11.4 Å². The Labute approximate surface area is 100 Å². The van der Waals surface area contributed by atoms with E-state index in [-0.39, 0.29) is 18.4 Å². The van der Waals surface area contributed by atoms with Crippen LogP contribution in [-0.4, -0.2) is 20.2 Å². The highest BCUT2D eigenvalue weighted by molar-refractivity contribution is 5.85. The number of rotatable bonds is 2. The van der Waals surface area contributed by atoms with Crippen LogP contribution in [0.2, 0.25) is 0 Å². The summed E-state index contributed by atoms with van der Waals surface area (Å²) in [6.45, 7) is 1.95. The molecule has 1 aromatic heterocycles. The fourth-order valence-electron chi connectivity index (χ4n) is 1.34. The Morgan fingerprint density at radius 1 is 1.25 bits per heavy atom. The van der Waals surface area contributed by atoms with Gasteiger partial charge in [0.25, 0.3) is 0 Å².